The lowest BCUT2D eigenvalue weighted by Gasteiger charge is -2.40. The first-order valence-corrected chi connectivity index (χ1v) is 9.97. The van der Waals surface area contributed by atoms with Gasteiger partial charge < -0.3 is 19.1 Å². The van der Waals surface area contributed by atoms with Crippen molar-refractivity contribution in [1.29, 1.82) is 0 Å². The lowest BCUT2D eigenvalue weighted by molar-refractivity contribution is 0.0517. The highest BCUT2D eigenvalue weighted by atomic mass is 16.5. The zero-order valence-electron chi connectivity index (χ0n) is 16.1. The van der Waals surface area contributed by atoms with E-state index in [0.717, 1.165) is 31.7 Å². The number of rotatable bonds is 4. The van der Waals surface area contributed by atoms with E-state index in [9.17, 15) is 4.79 Å². The normalized spacial score (nSPS) is 19.6. The van der Waals surface area contributed by atoms with Crippen LogP contribution in [0.15, 0.2) is 4.52 Å². The van der Waals surface area contributed by atoms with Gasteiger partial charge in [0.1, 0.15) is 17.0 Å². The van der Waals surface area contributed by atoms with Crippen LogP contribution in [0.2, 0.25) is 0 Å². The number of hydrogen-bond acceptors (Lipinski definition) is 8. The van der Waals surface area contributed by atoms with Crippen molar-refractivity contribution in [2.24, 2.45) is 0 Å². The quantitative estimate of drug-likeness (QED) is 0.756. The number of anilines is 1. The van der Waals surface area contributed by atoms with E-state index in [-0.39, 0.29) is 12.3 Å². The molecule has 2 aromatic rings. The molecule has 2 aliphatic rings. The van der Waals surface area contributed by atoms with E-state index in [0.29, 0.717) is 23.0 Å². The number of piperidine rings is 2. The average molecular weight is 373 g/mol. The minimum atomic E-state index is -0.492. The molecular formula is C19H27N5O3. The second-order valence-corrected chi connectivity index (χ2v) is 7.34. The first kappa shape index (κ1) is 18.2. The van der Waals surface area contributed by atoms with Crippen LogP contribution in [0, 0.1) is 6.92 Å². The fourth-order valence-electron chi connectivity index (χ4n) is 4.23. The predicted molar refractivity (Wildman–Crippen MR) is 101 cm³/mol. The van der Waals surface area contributed by atoms with Crippen molar-refractivity contribution in [3.05, 3.63) is 11.5 Å². The first-order valence-electron chi connectivity index (χ1n) is 9.97. The smallest absolute Gasteiger partial charge is 0.361 e. The Morgan fingerprint density at radius 1 is 1.15 bits per heavy atom. The molecule has 0 radical (unpaired) electrons. The molecule has 4 heterocycles. The van der Waals surface area contributed by atoms with E-state index < -0.39 is 5.97 Å². The number of carbonyl (C=O) groups excluding carboxylic acids is 1. The van der Waals surface area contributed by atoms with Crippen molar-refractivity contribution in [3.63, 3.8) is 0 Å². The summed E-state index contributed by atoms with van der Waals surface area (Å²) in [5.41, 5.74) is 0.513. The minimum absolute atomic E-state index is 0.167. The standard InChI is InChI=1S/C19H27N5O3/c1-3-26-19(25)16-15-17(20-13(2)21-18(15)27-22-16)24-11-7-14(8-12-24)23-9-5-4-6-10-23/h14H,3-12H2,1-2H3. The highest BCUT2D eigenvalue weighted by molar-refractivity contribution is 6.04. The molecule has 0 atom stereocenters. The van der Waals surface area contributed by atoms with Crippen LogP contribution < -0.4 is 4.90 Å². The Balaban J connectivity index is 1.58. The summed E-state index contributed by atoms with van der Waals surface area (Å²) in [6.45, 7) is 8.14. The van der Waals surface area contributed by atoms with E-state index >= 15 is 0 Å². The molecule has 2 aliphatic heterocycles. The summed E-state index contributed by atoms with van der Waals surface area (Å²) in [6, 6.07) is 0.645. The lowest BCUT2D eigenvalue weighted by Crippen LogP contribution is -2.47. The summed E-state index contributed by atoms with van der Waals surface area (Å²) in [6.07, 6.45) is 6.19. The summed E-state index contributed by atoms with van der Waals surface area (Å²) in [4.78, 5) is 26.1. The highest BCUT2D eigenvalue weighted by Gasteiger charge is 2.30. The maximum Gasteiger partial charge on any atom is 0.361 e. The van der Waals surface area contributed by atoms with Gasteiger partial charge in [-0.15, -0.1) is 0 Å². The number of nitrogens with zero attached hydrogens (tertiary/aromatic N) is 5. The fraction of sp³-hybridized carbons (Fsp3) is 0.684. The number of carbonyl (C=O) groups is 1. The van der Waals surface area contributed by atoms with Crippen LogP contribution in [0.25, 0.3) is 11.1 Å². The molecule has 4 rings (SSSR count). The maximum absolute atomic E-state index is 12.3. The van der Waals surface area contributed by atoms with Gasteiger partial charge in [0.25, 0.3) is 5.71 Å². The van der Waals surface area contributed by atoms with E-state index in [1.165, 1.54) is 32.4 Å². The van der Waals surface area contributed by atoms with Gasteiger partial charge in [-0.2, -0.15) is 4.98 Å². The molecule has 0 unspecified atom stereocenters. The van der Waals surface area contributed by atoms with Crippen molar-refractivity contribution < 1.29 is 14.1 Å². The Morgan fingerprint density at radius 2 is 1.89 bits per heavy atom. The summed E-state index contributed by atoms with van der Waals surface area (Å²) < 4.78 is 10.4. The van der Waals surface area contributed by atoms with Gasteiger partial charge in [-0.3, -0.25) is 0 Å². The molecule has 0 amide bonds. The molecule has 0 bridgehead atoms. The van der Waals surface area contributed by atoms with Crippen LogP contribution >= 0.6 is 0 Å². The van der Waals surface area contributed by atoms with Crippen molar-refractivity contribution in [2.75, 3.05) is 37.7 Å². The summed E-state index contributed by atoms with van der Waals surface area (Å²) >= 11 is 0. The van der Waals surface area contributed by atoms with Crippen LogP contribution in [0.3, 0.4) is 0 Å². The van der Waals surface area contributed by atoms with Gasteiger partial charge in [0, 0.05) is 19.1 Å². The van der Waals surface area contributed by atoms with Gasteiger partial charge >= 0.3 is 5.97 Å². The third-order valence-electron chi connectivity index (χ3n) is 5.57. The Bertz CT molecular complexity index is 807. The van der Waals surface area contributed by atoms with Crippen LogP contribution in [0.4, 0.5) is 5.82 Å². The number of esters is 1. The molecule has 0 spiro atoms. The molecule has 27 heavy (non-hydrogen) atoms. The van der Waals surface area contributed by atoms with Gasteiger partial charge in [0.2, 0.25) is 5.69 Å². The highest BCUT2D eigenvalue weighted by Crippen LogP contribution is 2.31. The lowest BCUT2D eigenvalue weighted by atomic mass is 9.99. The van der Waals surface area contributed by atoms with Crippen molar-refractivity contribution >= 4 is 22.9 Å². The third kappa shape index (κ3) is 3.63. The first-order chi connectivity index (χ1) is 13.2. The van der Waals surface area contributed by atoms with Gasteiger partial charge in [0.15, 0.2) is 0 Å². The van der Waals surface area contributed by atoms with Crippen LogP contribution in [0.5, 0.6) is 0 Å². The van der Waals surface area contributed by atoms with E-state index in [1.54, 1.807) is 6.92 Å². The monoisotopic (exact) mass is 373 g/mol. The van der Waals surface area contributed by atoms with Crippen LogP contribution in [-0.2, 0) is 4.74 Å². The second-order valence-electron chi connectivity index (χ2n) is 7.34. The molecule has 0 saturated carbocycles. The Hall–Kier alpha value is -2.22. The van der Waals surface area contributed by atoms with Gasteiger partial charge in [-0.05, 0) is 52.6 Å². The molecule has 146 valence electrons. The Morgan fingerprint density at radius 3 is 2.59 bits per heavy atom. The molecule has 8 heteroatoms. The van der Waals surface area contributed by atoms with Crippen LogP contribution in [-0.4, -0.2) is 64.8 Å². The predicted octanol–water partition coefficient (Wildman–Crippen LogP) is 2.56. The van der Waals surface area contributed by atoms with Gasteiger partial charge in [-0.1, -0.05) is 11.6 Å². The van der Waals surface area contributed by atoms with Crippen molar-refractivity contribution in [3.8, 4) is 0 Å². The van der Waals surface area contributed by atoms with E-state index in [4.69, 9.17) is 9.26 Å². The number of ether oxygens (including phenoxy) is 1. The minimum Gasteiger partial charge on any atom is -0.461 e. The van der Waals surface area contributed by atoms with Gasteiger partial charge in [-0.25, -0.2) is 9.78 Å². The zero-order valence-corrected chi connectivity index (χ0v) is 16.1. The number of aromatic nitrogens is 3. The molecule has 2 fully saturated rings. The molecule has 2 saturated heterocycles. The van der Waals surface area contributed by atoms with Gasteiger partial charge in [0.05, 0.1) is 6.61 Å². The Kier molecular flexibility index (Phi) is 5.24. The maximum atomic E-state index is 12.3. The second kappa shape index (κ2) is 7.80. The molecule has 8 nitrogen and oxygen atoms in total. The number of likely N-dealkylation sites (tertiary alicyclic amines) is 1. The van der Waals surface area contributed by atoms with E-state index in [2.05, 4.69) is 24.9 Å². The average Bonchev–Trinajstić information content (AvgIpc) is 3.12. The molecule has 0 aromatic carbocycles. The molecule has 2 aromatic heterocycles. The molecule has 0 N–H and O–H groups in total. The topological polar surface area (TPSA) is 84.6 Å². The number of fused-ring (bicyclic) bond motifs is 1. The zero-order chi connectivity index (χ0) is 18.8. The summed E-state index contributed by atoms with van der Waals surface area (Å²) in [7, 11) is 0. The fourth-order valence-corrected chi connectivity index (χ4v) is 4.23. The Labute approximate surface area is 158 Å². The SMILES string of the molecule is CCOC(=O)c1noc2nc(C)nc(N3CCC(N4CCCCC4)CC3)c12. The summed E-state index contributed by atoms with van der Waals surface area (Å²) in [5.74, 6) is 0.856. The largest absolute Gasteiger partial charge is 0.461 e. The number of aryl methyl sites for hydroxylation is 1. The summed E-state index contributed by atoms with van der Waals surface area (Å²) in [5, 5.41) is 4.48. The number of hydrogen-bond donors (Lipinski definition) is 0. The van der Waals surface area contributed by atoms with E-state index in [1.807, 2.05) is 6.92 Å². The van der Waals surface area contributed by atoms with Crippen LogP contribution in [0.1, 0.15) is 55.3 Å². The third-order valence-corrected chi connectivity index (χ3v) is 5.57. The van der Waals surface area contributed by atoms with Crippen molar-refractivity contribution in [2.45, 2.75) is 52.0 Å². The van der Waals surface area contributed by atoms with Crippen molar-refractivity contribution in [1.82, 2.24) is 20.0 Å². The molecular weight excluding hydrogens is 346 g/mol. The molecule has 0 aliphatic carbocycles.